The number of anilines is 2. The van der Waals surface area contributed by atoms with Gasteiger partial charge in [0, 0.05) is 68.1 Å². The summed E-state index contributed by atoms with van der Waals surface area (Å²) < 4.78 is 36.4. The third kappa shape index (κ3) is 9.25. The van der Waals surface area contributed by atoms with Gasteiger partial charge in [0.05, 0.1) is 40.4 Å². The van der Waals surface area contributed by atoms with Crippen LogP contribution < -0.4 is 20.9 Å². The Bertz CT molecular complexity index is 2780. The van der Waals surface area contributed by atoms with Gasteiger partial charge in [0.2, 0.25) is 23.6 Å². The maximum Gasteiger partial charge on any atom is 0.264 e. The number of nitrogens with one attached hydrogen (secondary N) is 3. The smallest absolute Gasteiger partial charge is 0.264 e. The molecular weight excluding hydrogens is 877 g/mol. The highest BCUT2D eigenvalue weighted by molar-refractivity contribution is 6.25. The molecular formula is C50H55F2N9O7. The first-order valence-electron chi connectivity index (χ1n) is 23.7. The van der Waals surface area contributed by atoms with Crippen LogP contribution in [-0.2, 0) is 19.2 Å². The van der Waals surface area contributed by atoms with Crippen molar-refractivity contribution in [3.63, 3.8) is 0 Å². The lowest BCUT2D eigenvalue weighted by Gasteiger charge is -2.38. The summed E-state index contributed by atoms with van der Waals surface area (Å²) >= 11 is 0. The molecule has 0 radical (unpaired) electrons. The molecule has 3 fully saturated rings. The third-order valence-electron chi connectivity index (χ3n) is 13.7. The van der Waals surface area contributed by atoms with E-state index in [-0.39, 0.29) is 60.5 Å². The standard InChI is InChI=1S/C50H55F2N9O7/c1-29-45(30(2)68-57-29)31-14-17-39-38(26-31)55-47(40-12-9-13-44(64)59(40)33-15-16-35(51)36(52)27-33)60(39)32-20-24-58(25-21-32)28-43(63)54-23-7-5-3-4-6-22-53-37-11-8-10-34-46(37)50(67)61(49(34)66)41-18-19-42(62)56-48(41)65/h8,10-11,14-17,26-27,32,40-41,53H,3-7,9,12-13,18-25,28H2,1-2H3,(H,54,63)(H,56,62,65)/t40-,41?/m0/s1. The minimum atomic E-state index is -1.02. The number of likely N-dealkylation sites (tertiary alicyclic amines) is 1. The van der Waals surface area contributed by atoms with Gasteiger partial charge in [-0.15, -0.1) is 0 Å². The number of benzene rings is 3. The normalized spacial score (nSPS) is 19.3. The number of fused-ring (bicyclic) bond motifs is 2. The van der Waals surface area contributed by atoms with Crippen LogP contribution in [0.4, 0.5) is 20.2 Å². The first-order valence-corrected chi connectivity index (χ1v) is 23.7. The van der Waals surface area contributed by atoms with E-state index >= 15 is 0 Å². The van der Waals surface area contributed by atoms with Crippen LogP contribution in [0.3, 0.4) is 0 Å². The summed E-state index contributed by atoms with van der Waals surface area (Å²) in [6.45, 7) is 6.54. The number of carbonyl (C=O) groups is 6. The van der Waals surface area contributed by atoms with E-state index in [9.17, 15) is 37.5 Å². The van der Waals surface area contributed by atoms with Gasteiger partial charge in [-0.1, -0.05) is 36.6 Å². The highest BCUT2D eigenvalue weighted by Crippen LogP contribution is 2.41. The maximum absolute atomic E-state index is 14.6. The van der Waals surface area contributed by atoms with Crippen molar-refractivity contribution < 1.29 is 42.1 Å². The predicted molar refractivity (Wildman–Crippen MR) is 248 cm³/mol. The molecule has 0 spiro atoms. The predicted octanol–water partition coefficient (Wildman–Crippen LogP) is 7.06. The first-order chi connectivity index (χ1) is 32.9. The third-order valence-corrected chi connectivity index (χ3v) is 13.7. The molecule has 4 aliphatic heterocycles. The number of aromatic nitrogens is 3. The molecule has 0 saturated carbocycles. The van der Waals surface area contributed by atoms with Crippen molar-refractivity contribution in [1.29, 1.82) is 0 Å². The van der Waals surface area contributed by atoms with Crippen LogP contribution in [0.2, 0.25) is 0 Å². The first kappa shape index (κ1) is 46.3. The van der Waals surface area contributed by atoms with Gasteiger partial charge in [0.25, 0.3) is 11.8 Å². The molecule has 16 nitrogen and oxygen atoms in total. The molecule has 3 saturated heterocycles. The van der Waals surface area contributed by atoms with E-state index in [0.717, 1.165) is 89.8 Å². The lowest BCUT2D eigenvalue weighted by atomic mass is 9.98. The van der Waals surface area contributed by atoms with Gasteiger partial charge >= 0.3 is 0 Å². The SMILES string of the molecule is Cc1noc(C)c1-c1ccc2c(c1)nc([C@@H]1CCCC(=O)N1c1ccc(F)c(F)c1)n2C1CCN(CC(=O)NCCCCCCCNc2cccc3c2C(=O)N(C2CCC(=O)NC2=O)C3=O)CC1. The van der Waals surface area contributed by atoms with Crippen molar-refractivity contribution in [3.05, 3.63) is 94.6 Å². The maximum atomic E-state index is 14.6. The minimum Gasteiger partial charge on any atom is -0.384 e. The number of amides is 6. The molecule has 2 atom stereocenters. The molecule has 3 N–H and O–H groups in total. The Balaban J connectivity index is 0.759. The molecule has 5 aromatic rings. The number of aryl methyl sites for hydroxylation is 2. The molecule has 4 aliphatic rings. The topological polar surface area (TPSA) is 192 Å². The number of carbonyl (C=O) groups excluding carboxylic acids is 6. The van der Waals surface area contributed by atoms with E-state index in [1.807, 2.05) is 32.0 Å². The van der Waals surface area contributed by atoms with Crippen molar-refractivity contribution >= 4 is 57.9 Å². The van der Waals surface area contributed by atoms with E-state index in [4.69, 9.17) is 9.51 Å². The fourth-order valence-electron chi connectivity index (χ4n) is 10.3. The zero-order valence-corrected chi connectivity index (χ0v) is 38.2. The van der Waals surface area contributed by atoms with Crippen LogP contribution in [0.1, 0.15) is 127 Å². The van der Waals surface area contributed by atoms with Crippen LogP contribution in [-0.4, -0.2) is 98.7 Å². The zero-order chi connectivity index (χ0) is 47.6. The molecule has 9 rings (SSSR count). The van der Waals surface area contributed by atoms with Gasteiger partial charge in [-0.3, -0.25) is 43.9 Å². The van der Waals surface area contributed by atoms with E-state index in [2.05, 4.69) is 30.6 Å². The van der Waals surface area contributed by atoms with E-state index in [1.165, 1.54) is 6.07 Å². The Morgan fingerprint density at radius 3 is 2.34 bits per heavy atom. The van der Waals surface area contributed by atoms with Gasteiger partial charge in [0.15, 0.2) is 11.6 Å². The molecule has 3 aromatic carbocycles. The molecule has 18 heteroatoms. The lowest BCUT2D eigenvalue weighted by molar-refractivity contribution is -0.136. The Morgan fingerprint density at radius 2 is 1.59 bits per heavy atom. The number of unbranched alkanes of at least 4 members (excludes halogenated alkanes) is 4. The zero-order valence-electron chi connectivity index (χ0n) is 38.2. The van der Waals surface area contributed by atoms with Crippen molar-refractivity contribution in [1.82, 2.24) is 35.1 Å². The van der Waals surface area contributed by atoms with Crippen LogP contribution in [0.25, 0.3) is 22.2 Å². The molecule has 356 valence electrons. The average molecular weight is 932 g/mol. The van der Waals surface area contributed by atoms with Crippen molar-refractivity contribution in [2.24, 2.45) is 0 Å². The molecule has 6 heterocycles. The number of halogens is 2. The van der Waals surface area contributed by atoms with Gasteiger partial charge in [-0.05, 0) is 101 Å². The van der Waals surface area contributed by atoms with E-state index in [1.54, 1.807) is 23.1 Å². The molecule has 6 amide bonds. The van der Waals surface area contributed by atoms with Crippen LogP contribution in [0.15, 0.2) is 59.1 Å². The Labute approximate surface area is 391 Å². The van der Waals surface area contributed by atoms with E-state index in [0.29, 0.717) is 56.3 Å². The van der Waals surface area contributed by atoms with Crippen LogP contribution in [0, 0.1) is 25.5 Å². The highest BCUT2D eigenvalue weighted by atomic mass is 19.2. The van der Waals surface area contributed by atoms with Gasteiger partial charge in [-0.25, -0.2) is 13.8 Å². The summed E-state index contributed by atoms with van der Waals surface area (Å²) in [7, 11) is 0. The minimum absolute atomic E-state index is 0.00815. The Hall–Kier alpha value is -6.82. The fraction of sp³-hybridized carbons (Fsp3) is 0.440. The highest BCUT2D eigenvalue weighted by Gasteiger charge is 2.46. The summed E-state index contributed by atoms with van der Waals surface area (Å²) in [5.41, 5.74) is 5.53. The van der Waals surface area contributed by atoms with Crippen molar-refractivity contribution in [2.75, 3.05) is 42.9 Å². The quantitative estimate of drug-likeness (QED) is 0.0678. The number of piperidine rings is 3. The molecule has 0 aliphatic carbocycles. The summed E-state index contributed by atoms with van der Waals surface area (Å²) in [6.07, 6.45) is 7.63. The number of imidazole rings is 1. The van der Waals surface area contributed by atoms with Crippen LogP contribution >= 0.6 is 0 Å². The second-order valence-electron chi connectivity index (χ2n) is 18.2. The number of hydrogen-bond donors (Lipinski definition) is 3. The second kappa shape index (κ2) is 19.8. The van der Waals surface area contributed by atoms with Crippen molar-refractivity contribution in [3.8, 4) is 11.1 Å². The summed E-state index contributed by atoms with van der Waals surface area (Å²) in [6, 6.07) is 13.2. The van der Waals surface area contributed by atoms with E-state index < -0.39 is 47.3 Å². The summed E-state index contributed by atoms with van der Waals surface area (Å²) in [5.74, 6) is -2.96. The monoisotopic (exact) mass is 931 g/mol. The Morgan fingerprint density at radius 1 is 0.809 bits per heavy atom. The Kier molecular flexibility index (Phi) is 13.5. The number of nitrogens with zero attached hydrogens (tertiary/aromatic N) is 6. The lowest BCUT2D eigenvalue weighted by Crippen LogP contribution is -2.54. The summed E-state index contributed by atoms with van der Waals surface area (Å²) in [5, 5.41) is 12.7. The van der Waals surface area contributed by atoms with Crippen LogP contribution in [0.5, 0.6) is 0 Å². The number of hydrogen-bond acceptors (Lipinski definition) is 11. The largest absolute Gasteiger partial charge is 0.384 e. The fourth-order valence-corrected chi connectivity index (χ4v) is 10.3. The second-order valence-corrected chi connectivity index (χ2v) is 18.2. The molecule has 1 unspecified atom stereocenters. The molecule has 68 heavy (non-hydrogen) atoms. The summed E-state index contributed by atoms with van der Waals surface area (Å²) in [4.78, 5) is 87.2. The van der Waals surface area contributed by atoms with Crippen molar-refractivity contribution in [2.45, 2.75) is 109 Å². The number of imide groups is 2. The van der Waals surface area contributed by atoms with Gasteiger partial charge in [0.1, 0.15) is 17.6 Å². The van der Waals surface area contributed by atoms with Gasteiger partial charge in [-0.2, -0.15) is 0 Å². The van der Waals surface area contributed by atoms with Gasteiger partial charge < -0.3 is 24.6 Å². The number of rotatable bonds is 16. The molecule has 0 bridgehead atoms. The average Bonchev–Trinajstić information content (AvgIpc) is 3.95. The molecule has 2 aromatic heterocycles.